The fourth-order valence-electron chi connectivity index (χ4n) is 1.70. The van der Waals surface area contributed by atoms with E-state index in [0.29, 0.717) is 23.7 Å². The van der Waals surface area contributed by atoms with Gasteiger partial charge in [0.05, 0.1) is 0 Å². The Kier molecular flexibility index (Phi) is 3.64. The van der Waals surface area contributed by atoms with Crippen LogP contribution in [-0.2, 0) is 0 Å². The zero-order valence-corrected chi connectivity index (χ0v) is 9.99. The largest absolute Gasteiger partial charge is 0.508 e. The molecule has 0 spiro atoms. The quantitative estimate of drug-likeness (QED) is 0.670. The van der Waals surface area contributed by atoms with E-state index in [2.05, 4.69) is 10.6 Å². The molecule has 0 atom stereocenters. The molecule has 0 aliphatic heterocycles. The van der Waals surface area contributed by atoms with E-state index in [1.165, 1.54) is 12.8 Å². The number of nitrogens with one attached hydrogen (secondary N) is 2. The average Bonchev–Trinajstić information content (AvgIpc) is 3.12. The van der Waals surface area contributed by atoms with E-state index in [1.807, 2.05) is 0 Å². The number of carbonyl (C=O) groups is 1. The first-order valence-corrected chi connectivity index (χ1v) is 5.98. The highest BCUT2D eigenvalue weighted by Crippen LogP contribution is 2.19. The van der Waals surface area contributed by atoms with Crippen molar-refractivity contribution in [2.24, 2.45) is 0 Å². The first-order valence-electron chi connectivity index (χ1n) is 5.98. The van der Waals surface area contributed by atoms with E-state index in [1.54, 1.807) is 25.1 Å². The number of hydrogen-bond donors (Lipinski definition) is 3. The van der Waals surface area contributed by atoms with Crippen molar-refractivity contribution < 1.29 is 9.90 Å². The number of amides is 1. The lowest BCUT2D eigenvalue weighted by atomic mass is 10.1. The van der Waals surface area contributed by atoms with Crippen molar-refractivity contribution >= 4 is 5.91 Å². The summed E-state index contributed by atoms with van der Waals surface area (Å²) in [5, 5.41) is 15.7. The molecule has 1 aliphatic carbocycles. The van der Waals surface area contributed by atoms with Crippen LogP contribution in [0.25, 0.3) is 0 Å². The third-order valence-corrected chi connectivity index (χ3v) is 2.97. The van der Waals surface area contributed by atoms with Crippen LogP contribution in [0.15, 0.2) is 18.2 Å². The first kappa shape index (κ1) is 11.9. The number of phenolic OH excluding ortho intramolecular Hbond substituents is 1. The van der Waals surface area contributed by atoms with Crippen LogP contribution < -0.4 is 10.6 Å². The molecule has 1 aromatic rings. The Hall–Kier alpha value is -1.55. The third kappa shape index (κ3) is 3.20. The van der Waals surface area contributed by atoms with E-state index in [0.717, 1.165) is 6.54 Å². The molecule has 0 saturated heterocycles. The van der Waals surface area contributed by atoms with Crippen LogP contribution in [0.4, 0.5) is 0 Å². The molecular weight excluding hydrogens is 216 g/mol. The monoisotopic (exact) mass is 234 g/mol. The van der Waals surface area contributed by atoms with Crippen molar-refractivity contribution in [2.45, 2.75) is 25.8 Å². The molecule has 92 valence electrons. The Morgan fingerprint density at radius 1 is 1.41 bits per heavy atom. The van der Waals surface area contributed by atoms with Gasteiger partial charge in [-0.2, -0.15) is 0 Å². The van der Waals surface area contributed by atoms with Crippen LogP contribution in [0.2, 0.25) is 0 Å². The zero-order valence-electron chi connectivity index (χ0n) is 9.99. The highest BCUT2D eigenvalue weighted by molar-refractivity contribution is 5.96. The summed E-state index contributed by atoms with van der Waals surface area (Å²) >= 11 is 0. The number of hydrogen-bond acceptors (Lipinski definition) is 3. The summed E-state index contributed by atoms with van der Waals surface area (Å²) in [5.74, 6) is 0.0322. The molecule has 0 heterocycles. The van der Waals surface area contributed by atoms with E-state index in [4.69, 9.17) is 0 Å². The maximum atomic E-state index is 11.8. The lowest BCUT2D eigenvalue weighted by molar-refractivity contribution is 0.0953. The molecule has 1 amide bonds. The van der Waals surface area contributed by atoms with Crippen LogP contribution in [0, 0.1) is 6.92 Å². The minimum absolute atomic E-state index is 0.129. The van der Waals surface area contributed by atoms with Gasteiger partial charge in [0.25, 0.3) is 5.91 Å². The van der Waals surface area contributed by atoms with Crippen LogP contribution >= 0.6 is 0 Å². The van der Waals surface area contributed by atoms with Gasteiger partial charge in [0.2, 0.25) is 0 Å². The van der Waals surface area contributed by atoms with Crippen LogP contribution in [0.5, 0.6) is 5.75 Å². The van der Waals surface area contributed by atoms with Gasteiger partial charge in [-0.05, 0) is 31.9 Å². The minimum atomic E-state index is -0.129. The summed E-state index contributed by atoms with van der Waals surface area (Å²) in [7, 11) is 0. The molecular formula is C13H18N2O2. The SMILES string of the molecule is Cc1c(O)cccc1C(=O)NCCNC1CC1. The molecule has 2 rings (SSSR count). The third-order valence-electron chi connectivity index (χ3n) is 2.97. The molecule has 0 bridgehead atoms. The Bertz CT molecular complexity index is 414. The number of rotatable bonds is 5. The van der Waals surface area contributed by atoms with Gasteiger partial charge >= 0.3 is 0 Å². The van der Waals surface area contributed by atoms with Gasteiger partial charge in [0.15, 0.2) is 0 Å². The van der Waals surface area contributed by atoms with Crippen LogP contribution in [0.1, 0.15) is 28.8 Å². The summed E-state index contributed by atoms with van der Waals surface area (Å²) in [6.45, 7) is 3.16. The Labute approximate surface area is 101 Å². The maximum absolute atomic E-state index is 11.8. The second kappa shape index (κ2) is 5.19. The molecule has 0 aromatic heterocycles. The lowest BCUT2D eigenvalue weighted by Gasteiger charge is -2.09. The van der Waals surface area contributed by atoms with Gasteiger partial charge in [-0.25, -0.2) is 0 Å². The van der Waals surface area contributed by atoms with Crippen molar-refractivity contribution in [3.8, 4) is 5.75 Å². The predicted molar refractivity (Wildman–Crippen MR) is 66.2 cm³/mol. The Morgan fingerprint density at radius 2 is 2.18 bits per heavy atom. The van der Waals surface area contributed by atoms with Gasteiger partial charge in [-0.1, -0.05) is 6.07 Å². The van der Waals surface area contributed by atoms with Crippen molar-refractivity contribution in [1.29, 1.82) is 0 Å². The summed E-state index contributed by atoms with van der Waals surface area (Å²) in [5.41, 5.74) is 1.16. The van der Waals surface area contributed by atoms with Crippen molar-refractivity contribution in [2.75, 3.05) is 13.1 Å². The molecule has 17 heavy (non-hydrogen) atoms. The Morgan fingerprint density at radius 3 is 2.88 bits per heavy atom. The van der Waals surface area contributed by atoms with Gasteiger partial charge in [-0.15, -0.1) is 0 Å². The second-order valence-corrected chi connectivity index (χ2v) is 4.43. The van der Waals surface area contributed by atoms with Crippen molar-refractivity contribution in [3.05, 3.63) is 29.3 Å². The minimum Gasteiger partial charge on any atom is -0.508 e. The number of aromatic hydroxyl groups is 1. The Balaban J connectivity index is 1.83. The predicted octanol–water partition coefficient (Wildman–Crippen LogP) is 1.18. The number of carbonyl (C=O) groups excluding carboxylic acids is 1. The van der Waals surface area contributed by atoms with Crippen LogP contribution in [-0.4, -0.2) is 30.1 Å². The standard InChI is InChI=1S/C13H18N2O2/c1-9-11(3-2-4-12(9)16)13(17)15-8-7-14-10-5-6-10/h2-4,10,14,16H,5-8H2,1H3,(H,15,17). The molecule has 1 saturated carbocycles. The molecule has 0 unspecified atom stereocenters. The number of phenols is 1. The number of benzene rings is 1. The molecule has 3 N–H and O–H groups in total. The van der Waals surface area contributed by atoms with Gasteiger partial charge < -0.3 is 15.7 Å². The van der Waals surface area contributed by atoms with Gasteiger partial charge in [-0.3, -0.25) is 4.79 Å². The molecule has 1 aliphatic rings. The molecule has 1 aromatic carbocycles. The summed E-state index contributed by atoms with van der Waals surface area (Å²) in [6, 6.07) is 5.65. The summed E-state index contributed by atoms with van der Waals surface area (Å²) < 4.78 is 0. The van der Waals surface area contributed by atoms with E-state index in [9.17, 15) is 9.90 Å². The summed E-state index contributed by atoms with van der Waals surface area (Å²) in [6.07, 6.45) is 2.50. The lowest BCUT2D eigenvalue weighted by Crippen LogP contribution is -2.32. The zero-order chi connectivity index (χ0) is 12.3. The summed E-state index contributed by atoms with van der Waals surface area (Å²) in [4.78, 5) is 11.8. The van der Waals surface area contributed by atoms with E-state index < -0.39 is 0 Å². The van der Waals surface area contributed by atoms with Crippen molar-refractivity contribution in [1.82, 2.24) is 10.6 Å². The fourth-order valence-corrected chi connectivity index (χ4v) is 1.70. The van der Waals surface area contributed by atoms with Gasteiger partial charge in [0.1, 0.15) is 5.75 Å². The van der Waals surface area contributed by atoms with E-state index in [-0.39, 0.29) is 11.7 Å². The molecule has 0 radical (unpaired) electrons. The normalized spacial score (nSPS) is 14.6. The average molecular weight is 234 g/mol. The van der Waals surface area contributed by atoms with Crippen LogP contribution in [0.3, 0.4) is 0 Å². The first-order chi connectivity index (χ1) is 8.18. The molecule has 1 fully saturated rings. The van der Waals surface area contributed by atoms with Crippen molar-refractivity contribution in [3.63, 3.8) is 0 Å². The van der Waals surface area contributed by atoms with E-state index >= 15 is 0 Å². The molecule has 4 heteroatoms. The maximum Gasteiger partial charge on any atom is 0.251 e. The second-order valence-electron chi connectivity index (χ2n) is 4.43. The smallest absolute Gasteiger partial charge is 0.251 e. The van der Waals surface area contributed by atoms with Gasteiger partial charge in [0, 0.05) is 30.3 Å². The molecule has 4 nitrogen and oxygen atoms in total. The highest BCUT2D eigenvalue weighted by atomic mass is 16.3. The highest BCUT2D eigenvalue weighted by Gasteiger charge is 2.19. The fraction of sp³-hybridized carbons (Fsp3) is 0.462. The topological polar surface area (TPSA) is 61.4 Å².